The van der Waals surface area contributed by atoms with Crippen LogP contribution >= 0.6 is 0 Å². The fourth-order valence-electron chi connectivity index (χ4n) is 4.20. The van der Waals surface area contributed by atoms with E-state index < -0.39 is 5.92 Å². The third-order valence-corrected chi connectivity index (χ3v) is 5.89. The maximum atomic E-state index is 12.9. The number of carbonyl (C=O) groups excluding carboxylic acids is 2. The van der Waals surface area contributed by atoms with E-state index in [0.717, 1.165) is 5.56 Å². The summed E-state index contributed by atoms with van der Waals surface area (Å²) in [6, 6.07) is 19.9. The van der Waals surface area contributed by atoms with Gasteiger partial charge in [-0.15, -0.1) is 5.10 Å². The molecule has 2 amide bonds. The average Bonchev–Trinajstić information content (AvgIpc) is 3.39. The molecule has 3 heterocycles. The molecule has 9 heteroatoms. The lowest BCUT2D eigenvalue weighted by molar-refractivity contribution is -0.122. The molecule has 5 rings (SSSR count). The van der Waals surface area contributed by atoms with Crippen LogP contribution < -0.4 is 20.6 Å². The van der Waals surface area contributed by atoms with Crippen molar-refractivity contribution < 1.29 is 14.3 Å². The quantitative estimate of drug-likeness (QED) is 0.480. The summed E-state index contributed by atoms with van der Waals surface area (Å²) in [5, 5.41) is 7.26. The highest BCUT2D eigenvalue weighted by atomic mass is 16.5. The largest absolute Gasteiger partial charge is 0.495 e. The molecule has 2 aromatic carbocycles. The molecule has 1 unspecified atom stereocenters. The van der Waals surface area contributed by atoms with Gasteiger partial charge in [-0.05, 0) is 42.0 Å². The van der Waals surface area contributed by atoms with Crippen molar-refractivity contribution in [1.82, 2.24) is 14.2 Å². The van der Waals surface area contributed by atoms with Gasteiger partial charge in [0.15, 0.2) is 5.65 Å². The summed E-state index contributed by atoms with van der Waals surface area (Å²) in [7, 11) is 1.55. The van der Waals surface area contributed by atoms with Crippen molar-refractivity contribution in [2.45, 2.75) is 13.0 Å². The molecule has 1 saturated heterocycles. The van der Waals surface area contributed by atoms with Crippen LogP contribution in [0.3, 0.4) is 0 Å². The van der Waals surface area contributed by atoms with Gasteiger partial charge in [-0.2, -0.15) is 0 Å². The van der Waals surface area contributed by atoms with Crippen molar-refractivity contribution in [3.05, 3.63) is 89.0 Å². The topological polar surface area (TPSA) is 97.9 Å². The number of aromatic nitrogens is 3. The Kier molecular flexibility index (Phi) is 5.59. The van der Waals surface area contributed by atoms with Gasteiger partial charge < -0.3 is 15.0 Å². The van der Waals surface area contributed by atoms with Gasteiger partial charge in [0.2, 0.25) is 11.8 Å². The van der Waals surface area contributed by atoms with Gasteiger partial charge >= 0.3 is 5.69 Å². The van der Waals surface area contributed by atoms with Crippen LogP contribution in [0.2, 0.25) is 0 Å². The number of carbonyl (C=O) groups is 2. The van der Waals surface area contributed by atoms with Crippen LogP contribution in [-0.4, -0.2) is 39.7 Å². The third-order valence-electron chi connectivity index (χ3n) is 5.89. The summed E-state index contributed by atoms with van der Waals surface area (Å²) in [6.45, 7) is 0.551. The van der Waals surface area contributed by atoms with Crippen LogP contribution in [-0.2, 0) is 16.1 Å². The Morgan fingerprint density at radius 1 is 1.09 bits per heavy atom. The lowest BCUT2D eigenvalue weighted by Gasteiger charge is -2.19. The molecule has 1 atom stereocenters. The molecule has 1 aliphatic rings. The molecule has 0 aliphatic carbocycles. The lowest BCUT2D eigenvalue weighted by Crippen LogP contribution is -2.28. The van der Waals surface area contributed by atoms with E-state index >= 15 is 0 Å². The number of pyridine rings is 1. The van der Waals surface area contributed by atoms with Crippen LogP contribution in [0.1, 0.15) is 12.0 Å². The highest BCUT2D eigenvalue weighted by Gasteiger charge is 2.36. The Bertz CT molecular complexity index is 1440. The first-order valence-corrected chi connectivity index (χ1v) is 10.9. The number of anilines is 2. The first-order chi connectivity index (χ1) is 16.5. The van der Waals surface area contributed by atoms with Crippen LogP contribution in [0.4, 0.5) is 11.4 Å². The Hall–Kier alpha value is -4.40. The second-order valence-corrected chi connectivity index (χ2v) is 8.14. The van der Waals surface area contributed by atoms with Gasteiger partial charge in [-0.3, -0.25) is 14.0 Å². The van der Waals surface area contributed by atoms with Gasteiger partial charge in [0.25, 0.3) is 0 Å². The van der Waals surface area contributed by atoms with E-state index in [1.54, 1.807) is 42.5 Å². The summed E-state index contributed by atoms with van der Waals surface area (Å²) < 4.78 is 8.23. The first kappa shape index (κ1) is 21.4. The molecule has 1 N–H and O–H groups in total. The van der Waals surface area contributed by atoms with Crippen LogP contribution in [0, 0.1) is 5.92 Å². The molecule has 172 valence electrons. The SMILES string of the molecule is COc1ccccc1N1CC(C(=O)Nc2cccc(Cn3nc4ccccn4c3=O)c2)CC1=O. The minimum atomic E-state index is -0.484. The molecule has 9 nitrogen and oxygen atoms in total. The number of para-hydroxylation sites is 2. The number of amides is 2. The predicted molar refractivity (Wildman–Crippen MR) is 127 cm³/mol. The van der Waals surface area contributed by atoms with Crippen molar-refractivity contribution in [3.63, 3.8) is 0 Å². The van der Waals surface area contributed by atoms with Gasteiger partial charge in [-0.1, -0.05) is 30.3 Å². The smallest absolute Gasteiger partial charge is 0.350 e. The summed E-state index contributed by atoms with van der Waals surface area (Å²) >= 11 is 0. The Morgan fingerprint density at radius 2 is 1.91 bits per heavy atom. The van der Waals surface area contributed by atoms with Crippen LogP contribution in [0.15, 0.2) is 77.7 Å². The number of methoxy groups -OCH3 is 1. The molecule has 0 spiro atoms. The van der Waals surface area contributed by atoms with E-state index in [2.05, 4.69) is 10.4 Å². The number of hydrogen-bond acceptors (Lipinski definition) is 5. The molecule has 2 aromatic heterocycles. The molecule has 0 bridgehead atoms. The van der Waals surface area contributed by atoms with E-state index in [1.807, 2.05) is 42.5 Å². The van der Waals surface area contributed by atoms with Gasteiger partial charge in [0.1, 0.15) is 5.75 Å². The molecule has 0 radical (unpaired) electrons. The average molecular weight is 457 g/mol. The van der Waals surface area contributed by atoms with Gasteiger partial charge in [0.05, 0.1) is 25.3 Å². The van der Waals surface area contributed by atoms with Gasteiger partial charge in [-0.25, -0.2) is 9.48 Å². The number of rotatable bonds is 6. The monoisotopic (exact) mass is 457 g/mol. The molecular weight excluding hydrogens is 434 g/mol. The van der Waals surface area contributed by atoms with Crippen LogP contribution in [0.25, 0.3) is 5.65 Å². The predicted octanol–water partition coefficient (Wildman–Crippen LogP) is 2.54. The second-order valence-electron chi connectivity index (χ2n) is 8.14. The molecule has 4 aromatic rings. The molecule has 0 saturated carbocycles. The number of hydrogen-bond donors (Lipinski definition) is 1. The number of benzene rings is 2. The van der Waals surface area contributed by atoms with E-state index in [0.29, 0.717) is 22.8 Å². The highest BCUT2D eigenvalue weighted by molar-refractivity contribution is 6.04. The zero-order chi connectivity index (χ0) is 23.7. The third kappa shape index (κ3) is 4.03. The van der Waals surface area contributed by atoms with Crippen LogP contribution in [0.5, 0.6) is 5.75 Å². The molecular formula is C25H23N5O4. The Labute approximate surface area is 195 Å². The zero-order valence-electron chi connectivity index (χ0n) is 18.5. The maximum Gasteiger partial charge on any atom is 0.350 e. The highest BCUT2D eigenvalue weighted by Crippen LogP contribution is 2.33. The van der Waals surface area contributed by atoms with Crippen molar-refractivity contribution in [2.75, 3.05) is 23.9 Å². The van der Waals surface area contributed by atoms with Crippen molar-refractivity contribution >= 4 is 28.8 Å². The number of nitrogens with zero attached hydrogens (tertiary/aromatic N) is 4. The van der Waals surface area contributed by atoms with Crippen molar-refractivity contribution in [3.8, 4) is 5.75 Å². The second kappa shape index (κ2) is 8.86. The fourth-order valence-corrected chi connectivity index (χ4v) is 4.20. The minimum absolute atomic E-state index is 0.121. The standard InChI is InChI=1S/C25H23N5O4/c1-34-21-10-3-2-9-20(21)29-16-18(14-23(29)31)24(32)26-19-8-6-7-17(13-19)15-30-25(33)28-12-5-4-11-22(28)27-30/h2-13,18H,14-16H2,1H3,(H,26,32). The maximum absolute atomic E-state index is 12.9. The molecule has 1 aliphatic heterocycles. The zero-order valence-corrected chi connectivity index (χ0v) is 18.5. The molecule has 1 fully saturated rings. The number of nitrogens with one attached hydrogen (secondary N) is 1. The summed E-state index contributed by atoms with van der Waals surface area (Å²) in [5.41, 5.74) is 2.42. The van der Waals surface area contributed by atoms with E-state index in [-0.39, 0.29) is 37.0 Å². The Balaban J connectivity index is 1.29. The van der Waals surface area contributed by atoms with Gasteiger partial charge in [0, 0.05) is 24.8 Å². The van der Waals surface area contributed by atoms with E-state index in [1.165, 1.54) is 9.08 Å². The summed E-state index contributed by atoms with van der Waals surface area (Å²) in [4.78, 5) is 39.7. The van der Waals surface area contributed by atoms with E-state index in [9.17, 15) is 14.4 Å². The van der Waals surface area contributed by atoms with E-state index in [4.69, 9.17) is 4.74 Å². The summed E-state index contributed by atoms with van der Waals surface area (Å²) in [6.07, 6.45) is 1.80. The minimum Gasteiger partial charge on any atom is -0.495 e. The Morgan fingerprint density at radius 3 is 2.74 bits per heavy atom. The number of fused-ring (bicyclic) bond motifs is 1. The summed E-state index contributed by atoms with van der Waals surface area (Å²) in [5.74, 6) is -0.244. The lowest BCUT2D eigenvalue weighted by atomic mass is 10.1. The normalized spacial score (nSPS) is 15.6. The van der Waals surface area contributed by atoms with Crippen molar-refractivity contribution in [1.29, 1.82) is 0 Å². The fraction of sp³-hybridized carbons (Fsp3) is 0.200. The molecule has 34 heavy (non-hydrogen) atoms. The van der Waals surface area contributed by atoms with Crippen molar-refractivity contribution in [2.24, 2.45) is 5.92 Å². The number of ether oxygens (including phenoxy) is 1. The first-order valence-electron chi connectivity index (χ1n) is 10.9.